The van der Waals surface area contributed by atoms with Crippen LogP contribution >= 0.6 is 0 Å². The lowest BCUT2D eigenvalue weighted by molar-refractivity contribution is 0.809. The molecule has 1 heteroatoms. The second-order valence-electron chi connectivity index (χ2n) is 7.48. The number of nitrogens with two attached hydrogens (primary N) is 1. The fraction of sp³-hybridized carbons (Fsp3) is 0.200. The van der Waals surface area contributed by atoms with Gasteiger partial charge in [-0.1, -0.05) is 54.6 Å². The highest BCUT2D eigenvalue weighted by Crippen LogP contribution is 2.27. The number of hydrogen-bond donors (Lipinski definition) is 1. The van der Waals surface area contributed by atoms with Gasteiger partial charge in [-0.2, -0.15) is 0 Å². The fourth-order valence-corrected chi connectivity index (χ4v) is 4.76. The van der Waals surface area contributed by atoms with Crippen LogP contribution in [0.1, 0.15) is 35.1 Å². The molecule has 0 bridgehead atoms. The molecule has 128 valence electrons. The number of fused-ring (bicyclic) bond motifs is 4. The van der Waals surface area contributed by atoms with E-state index in [2.05, 4.69) is 61.5 Å². The van der Waals surface area contributed by atoms with E-state index < -0.39 is 0 Å². The molecule has 0 saturated carbocycles. The van der Waals surface area contributed by atoms with Crippen LogP contribution in [0.4, 0.5) is 5.69 Å². The second kappa shape index (κ2) is 5.88. The molecule has 3 aromatic carbocycles. The van der Waals surface area contributed by atoms with Crippen molar-refractivity contribution >= 4 is 17.3 Å². The second-order valence-corrected chi connectivity index (χ2v) is 7.48. The van der Waals surface area contributed by atoms with Crippen LogP contribution in [0.25, 0.3) is 11.6 Å². The Morgan fingerprint density at radius 3 is 2.50 bits per heavy atom. The molecule has 0 aliphatic heterocycles. The molecule has 26 heavy (non-hydrogen) atoms. The first kappa shape index (κ1) is 15.5. The molecule has 2 aliphatic carbocycles. The van der Waals surface area contributed by atoms with Crippen LogP contribution in [0.5, 0.6) is 0 Å². The Hall–Kier alpha value is -2.80. The third-order valence-electron chi connectivity index (χ3n) is 6.02. The van der Waals surface area contributed by atoms with Gasteiger partial charge >= 0.3 is 0 Å². The molecule has 0 saturated heterocycles. The molecule has 0 unspecified atom stereocenters. The van der Waals surface area contributed by atoms with Crippen LogP contribution in [-0.4, -0.2) is 0 Å². The summed E-state index contributed by atoms with van der Waals surface area (Å²) in [5.74, 6) is 0. The molecule has 2 aliphatic rings. The van der Waals surface area contributed by atoms with Gasteiger partial charge in [-0.3, -0.25) is 0 Å². The van der Waals surface area contributed by atoms with Crippen LogP contribution in [0.2, 0.25) is 0 Å². The van der Waals surface area contributed by atoms with Gasteiger partial charge in [0.25, 0.3) is 0 Å². The Balaban J connectivity index is 1.91. The fourth-order valence-electron chi connectivity index (χ4n) is 4.76. The van der Waals surface area contributed by atoms with E-state index in [9.17, 15) is 0 Å². The molecular weight excluding hydrogens is 314 g/mol. The maximum Gasteiger partial charge on any atom is 0.0390 e. The number of anilines is 1. The number of hydrogen-bond acceptors (Lipinski definition) is 1. The van der Waals surface area contributed by atoms with Gasteiger partial charge < -0.3 is 5.73 Å². The lowest BCUT2D eigenvalue weighted by Gasteiger charge is -2.22. The minimum atomic E-state index is 0.887. The zero-order valence-electron chi connectivity index (χ0n) is 15.2. The van der Waals surface area contributed by atoms with E-state index in [1.807, 2.05) is 6.07 Å². The molecule has 3 aromatic rings. The van der Waals surface area contributed by atoms with Crippen LogP contribution < -0.4 is 16.2 Å². The predicted octanol–water partition coefficient (Wildman–Crippen LogP) is 3.74. The van der Waals surface area contributed by atoms with E-state index in [-0.39, 0.29) is 0 Å². The van der Waals surface area contributed by atoms with Crippen LogP contribution in [-0.2, 0) is 12.8 Å². The Kier molecular flexibility index (Phi) is 3.49. The zero-order valence-corrected chi connectivity index (χ0v) is 15.2. The lowest BCUT2D eigenvalue weighted by Crippen LogP contribution is -2.24. The van der Waals surface area contributed by atoms with E-state index in [1.165, 1.54) is 62.4 Å². The van der Waals surface area contributed by atoms with Crippen molar-refractivity contribution in [1.29, 1.82) is 0 Å². The van der Waals surface area contributed by atoms with E-state index >= 15 is 0 Å². The largest absolute Gasteiger partial charge is 0.398 e. The van der Waals surface area contributed by atoms with Gasteiger partial charge in [0.2, 0.25) is 0 Å². The van der Waals surface area contributed by atoms with E-state index in [1.54, 1.807) is 5.56 Å². The first-order valence-corrected chi connectivity index (χ1v) is 9.53. The van der Waals surface area contributed by atoms with Crippen LogP contribution in [0.3, 0.4) is 0 Å². The van der Waals surface area contributed by atoms with Crippen molar-refractivity contribution < 1.29 is 0 Å². The Bertz CT molecular complexity index is 1250. The monoisotopic (exact) mass is 337 g/mol. The van der Waals surface area contributed by atoms with E-state index in [0.29, 0.717) is 0 Å². The molecule has 1 nitrogen and oxygen atoms in total. The number of benzene rings is 3. The lowest BCUT2D eigenvalue weighted by atomic mass is 9.83. The molecule has 0 atom stereocenters. The zero-order chi connectivity index (χ0) is 17.7. The van der Waals surface area contributed by atoms with Crippen LogP contribution in [0.15, 0.2) is 54.6 Å². The summed E-state index contributed by atoms with van der Waals surface area (Å²) in [6.07, 6.45) is 6.89. The first-order valence-electron chi connectivity index (χ1n) is 9.53. The standard InChI is InChI=1S/C25H23N/c1-16-6-2-3-7-17(16)18-8-4-9-19-21(18)12-13-23-20-10-5-11-25(26)24(20)15-14-22(19)23/h2-3,5-7,10-13,15H,4,8-9,14,26H2,1H3. The summed E-state index contributed by atoms with van der Waals surface area (Å²) in [6, 6.07) is 19.8. The minimum Gasteiger partial charge on any atom is -0.398 e. The van der Waals surface area contributed by atoms with Crippen molar-refractivity contribution in [3.05, 3.63) is 97.7 Å². The summed E-state index contributed by atoms with van der Waals surface area (Å²) >= 11 is 0. The number of rotatable bonds is 1. The summed E-state index contributed by atoms with van der Waals surface area (Å²) < 4.78 is 0. The maximum atomic E-state index is 6.22. The van der Waals surface area contributed by atoms with Crippen molar-refractivity contribution in [3.8, 4) is 0 Å². The highest BCUT2D eigenvalue weighted by atomic mass is 14.5. The summed E-state index contributed by atoms with van der Waals surface area (Å²) in [7, 11) is 0. The number of aryl methyl sites for hydroxylation is 1. The van der Waals surface area contributed by atoms with E-state index in [0.717, 1.165) is 12.1 Å². The summed E-state index contributed by atoms with van der Waals surface area (Å²) in [4.78, 5) is 0. The van der Waals surface area contributed by atoms with Crippen molar-refractivity contribution in [2.45, 2.75) is 32.6 Å². The molecule has 0 spiro atoms. The van der Waals surface area contributed by atoms with Gasteiger partial charge in [0.15, 0.2) is 0 Å². The molecule has 0 fully saturated rings. The van der Waals surface area contributed by atoms with Crippen LogP contribution in [0, 0.1) is 17.4 Å². The molecule has 2 N–H and O–H groups in total. The van der Waals surface area contributed by atoms with Crippen molar-refractivity contribution in [3.63, 3.8) is 0 Å². The summed E-state index contributed by atoms with van der Waals surface area (Å²) in [5.41, 5.74) is 14.5. The summed E-state index contributed by atoms with van der Waals surface area (Å²) in [6.45, 7) is 2.22. The molecule has 0 aromatic heterocycles. The molecular formula is C25H23N. The van der Waals surface area contributed by atoms with Gasteiger partial charge in [-0.15, -0.1) is 0 Å². The highest BCUT2D eigenvalue weighted by Gasteiger charge is 2.17. The average Bonchev–Trinajstić information content (AvgIpc) is 2.68. The normalized spacial score (nSPS) is 14.9. The molecule has 0 amide bonds. The SMILES string of the molecule is Cc1ccccc1C1=c2ccc3c(c2CCC1)CC=c1c(N)cccc1=3. The summed E-state index contributed by atoms with van der Waals surface area (Å²) in [5, 5.41) is 5.33. The Morgan fingerprint density at radius 2 is 1.62 bits per heavy atom. The van der Waals surface area contributed by atoms with Gasteiger partial charge in [-0.25, -0.2) is 0 Å². The average molecular weight is 337 g/mol. The topological polar surface area (TPSA) is 26.0 Å². The van der Waals surface area contributed by atoms with Crippen molar-refractivity contribution in [2.75, 3.05) is 5.73 Å². The minimum absolute atomic E-state index is 0.887. The number of nitrogen functional groups attached to an aromatic ring is 1. The van der Waals surface area contributed by atoms with Crippen molar-refractivity contribution in [2.24, 2.45) is 0 Å². The quantitative estimate of drug-likeness (QED) is 0.673. The Morgan fingerprint density at radius 1 is 0.769 bits per heavy atom. The van der Waals surface area contributed by atoms with E-state index in [4.69, 9.17) is 5.73 Å². The molecule has 0 heterocycles. The van der Waals surface area contributed by atoms with Crippen molar-refractivity contribution in [1.82, 2.24) is 0 Å². The van der Waals surface area contributed by atoms with Gasteiger partial charge in [0, 0.05) is 10.9 Å². The smallest absolute Gasteiger partial charge is 0.0390 e. The molecule has 5 rings (SSSR count). The maximum absolute atomic E-state index is 6.22. The Labute approximate surface area is 153 Å². The third kappa shape index (κ3) is 2.24. The predicted molar refractivity (Wildman–Crippen MR) is 109 cm³/mol. The van der Waals surface area contributed by atoms with Gasteiger partial charge in [-0.05, 0) is 82.2 Å². The third-order valence-corrected chi connectivity index (χ3v) is 6.02. The molecule has 0 radical (unpaired) electrons. The van der Waals surface area contributed by atoms with Gasteiger partial charge in [0.05, 0.1) is 0 Å². The highest BCUT2D eigenvalue weighted by molar-refractivity contribution is 5.70. The first-order chi connectivity index (χ1) is 12.7. The van der Waals surface area contributed by atoms with Gasteiger partial charge in [0.1, 0.15) is 0 Å².